The van der Waals surface area contributed by atoms with E-state index in [0.29, 0.717) is 12.1 Å². The molecule has 1 aliphatic carbocycles. The summed E-state index contributed by atoms with van der Waals surface area (Å²) in [6, 6.07) is 0.630. The molecule has 0 spiro atoms. The Bertz CT molecular complexity index is 132. The first-order valence-electron chi connectivity index (χ1n) is 6.12. The maximum atomic E-state index is 5.85. The van der Waals surface area contributed by atoms with Crippen LogP contribution in [0.25, 0.3) is 0 Å². The van der Waals surface area contributed by atoms with Gasteiger partial charge in [0, 0.05) is 12.6 Å². The summed E-state index contributed by atoms with van der Waals surface area (Å²) in [6.45, 7) is 3.18. The smallest absolute Gasteiger partial charge is 0.0575 e. The van der Waals surface area contributed by atoms with Crippen molar-refractivity contribution in [1.82, 2.24) is 5.32 Å². The largest absolute Gasteiger partial charge is 0.378 e. The summed E-state index contributed by atoms with van der Waals surface area (Å²) in [5.74, 6) is 0. The summed E-state index contributed by atoms with van der Waals surface area (Å²) in [4.78, 5) is 0. The van der Waals surface area contributed by atoms with Gasteiger partial charge in [0.05, 0.1) is 6.10 Å². The van der Waals surface area contributed by atoms with Crippen LogP contribution in [0.4, 0.5) is 0 Å². The average molecular weight is 199 g/mol. The van der Waals surface area contributed by atoms with Crippen LogP contribution in [0.1, 0.15) is 51.9 Å². The van der Waals surface area contributed by atoms with Gasteiger partial charge in [-0.05, 0) is 39.7 Å². The van der Waals surface area contributed by atoms with Crippen molar-refractivity contribution in [1.29, 1.82) is 0 Å². The third kappa shape index (κ3) is 4.97. The van der Waals surface area contributed by atoms with E-state index in [1.54, 1.807) is 0 Å². The normalized spacial score (nSPS) is 21.0. The van der Waals surface area contributed by atoms with Gasteiger partial charge in [-0.15, -0.1) is 0 Å². The minimum atomic E-state index is 0.577. The Morgan fingerprint density at radius 2 is 2.00 bits per heavy atom. The summed E-state index contributed by atoms with van der Waals surface area (Å²) >= 11 is 0. The molecule has 1 aliphatic rings. The highest BCUT2D eigenvalue weighted by Crippen LogP contribution is 2.20. The highest BCUT2D eigenvalue weighted by atomic mass is 16.5. The highest BCUT2D eigenvalue weighted by Gasteiger charge is 2.13. The first kappa shape index (κ1) is 12.0. The molecule has 1 rings (SSSR count). The van der Waals surface area contributed by atoms with E-state index in [4.69, 9.17) is 4.74 Å². The second-order valence-corrected chi connectivity index (χ2v) is 4.46. The van der Waals surface area contributed by atoms with Crippen molar-refractivity contribution in [2.45, 2.75) is 64.0 Å². The quantitative estimate of drug-likeness (QED) is 0.664. The second-order valence-electron chi connectivity index (χ2n) is 4.46. The van der Waals surface area contributed by atoms with Gasteiger partial charge in [-0.25, -0.2) is 0 Å². The minimum Gasteiger partial charge on any atom is -0.378 e. The Morgan fingerprint density at radius 1 is 1.29 bits per heavy atom. The van der Waals surface area contributed by atoms with Crippen molar-refractivity contribution in [3.63, 3.8) is 0 Å². The molecule has 84 valence electrons. The van der Waals surface area contributed by atoms with Crippen LogP contribution in [-0.2, 0) is 4.74 Å². The van der Waals surface area contributed by atoms with Gasteiger partial charge < -0.3 is 10.1 Å². The van der Waals surface area contributed by atoms with E-state index >= 15 is 0 Å². The van der Waals surface area contributed by atoms with Gasteiger partial charge >= 0.3 is 0 Å². The number of hydrogen-bond donors (Lipinski definition) is 1. The fraction of sp³-hybridized carbons (Fsp3) is 1.00. The average Bonchev–Trinajstić information content (AvgIpc) is 2.25. The molecule has 0 bridgehead atoms. The van der Waals surface area contributed by atoms with Gasteiger partial charge in [-0.2, -0.15) is 0 Å². The van der Waals surface area contributed by atoms with Crippen molar-refractivity contribution in [2.24, 2.45) is 0 Å². The zero-order valence-electron chi connectivity index (χ0n) is 9.72. The lowest BCUT2D eigenvalue weighted by Gasteiger charge is -2.22. The van der Waals surface area contributed by atoms with Crippen LogP contribution in [0.15, 0.2) is 0 Å². The zero-order valence-corrected chi connectivity index (χ0v) is 9.72. The van der Waals surface area contributed by atoms with Gasteiger partial charge in [-0.1, -0.05) is 19.3 Å². The topological polar surface area (TPSA) is 21.3 Å². The summed E-state index contributed by atoms with van der Waals surface area (Å²) in [5.41, 5.74) is 0. The van der Waals surface area contributed by atoms with Gasteiger partial charge in [0.1, 0.15) is 0 Å². The van der Waals surface area contributed by atoms with Crippen LogP contribution in [0.3, 0.4) is 0 Å². The summed E-state index contributed by atoms with van der Waals surface area (Å²) in [7, 11) is 2.02. The van der Waals surface area contributed by atoms with Crippen molar-refractivity contribution in [2.75, 3.05) is 13.7 Å². The standard InChI is InChI=1S/C12H25NO/c1-11(13-2)7-6-10-14-12-8-4-3-5-9-12/h11-13H,3-10H2,1-2H3. The van der Waals surface area contributed by atoms with E-state index in [9.17, 15) is 0 Å². The van der Waals surface area contributed by atoms with Crippen molar-refractivity contribution in [3.8, 4) is 0 Å². The molecule has 0 radical (unpaired) electrons. The molecule has 1 atom stereocenters. The predicted octanol–water partition coefficient (Wildman–Crippen LogP) is 2.72. The molecule has 0 aromatic carbocycles. The van der Waals surface area contributed by atoms with E-state index in [2.05, 4.69) is 12.2 Å². The number of hydrogen-bond acceptors (Lipinski definition) is 2. The predicted molar refractivity (Wildman–Crippen MR) is 60.6 cm³/mol. The van der Waals surface area contributed by atoms with Crippen LogP contribution in [-0.4, -0.2) is 25.8 Å². The molecule has 1 fully saturated rings. The van der Waals surface area contributed by atoms with E-state index in [1.165, 1.54) is 44.9 Å². The second kappa shape index (κ2) is 7.24. The number of ether oxygens (including phenoxy) is 1. The molecule has 2 heteroatoms. The van der Waals surface area contributed by atoms with E-state index in [-0.39, 0.29) is 0 Å². The van der Waals surface area contributed by atoms with Gasteiger partial charge in [-0.3, -0.25) is 0 Å². The van der Waals surface area contributed by atoms with Crippen LogP contribution >= 0.6 is 0 Å². The van der Waals surface area contributed by atoms with Crippen LogP contribution in [0, 0.1) is 0 Å². The Kier molecular flexibility index (Phi) is 6.20. The molecular formula is C12H25NO. The minimum absolute atomic E-state index is 0.577. The molecule has 0 aromatic rings. The Morgan fingerprint density at radius 3 is 2.64 bits per heavy atom. The molecule has 0 aromatic heterocycles. The lowest BCUT2D eigenvalue weighted by Crippen LogP contribution is -2.22. The van der Waals surface area contributed by atoms with Crippen molar-refractivity contribution in [3.05, 3.63) is 0 Å². The molecule has 1 unspecified atom stereocenters. The Labute approximate surface area is 88.4 Å². The number of rotatable bonds is 6. The molecule has 0 aliphatic heterocycles. The van der Waals surface area contributed by atoms with E-state index in [0.717, 1.165) is 6.61 Å². The maximum Gasteiger partial charge on any atom is 0.0575 e. The maximum absolute atomic E-state index is 5.85. The summed E-state index contributed by atoms with van der Waals surface area (Å²) < 4.78 is 5.85. The monoisotopic (exact) mass is 199 g/mol. The van der Waals surface area contributed by atoms with Crippen LogP contribution in [0.5, 0.6) is 0 Å². The van der Waals surface area contributed by atoms with Gasteiger partial charge in [0.2, 0.25) is 0 Å². The van der Waals surface area contributed by atoms with Crippen molar-refractivity contribution < 1.29 is 4.74 Å². The first-order valence-corrected chi connectivity index (χ1v) is 6.12. The molecule has 0 heterocycles. The first-order chi connectivity index (χ1) is 6.83. The molecule has 2 nitrogen and oxygen atoms in total. The lowest BCUT2D eigenvalue weighted by molar-refractivity contribution is 0.0258. The lowest BCUT2D eigenvalue weighted by atomic mass is 9.98. The number of nitrogens with one attached hydrogen (secondary N) is 1. The fourth-order valence-corrected chi connectivity index (χ4v) is 2.02. The Hall–Kier alpha value is -0.0800. The molecular weight excluding hydrogens is 174 g/mol. The molecule has 14 heavy (non-hydrogen) atoms. The van der Waals surface area contributed by atoms with Crippen molar-refractivity contribution >= 4 is 0 Å². The summed E-state index contributed by atoms with van der Waals surface area (Å²) in [5, 5.41) is 3.25. The fourth-order valence-electron chi connectivity index (χ4n) is 2.02. The van der Waals surface area contributed by atoms with Gasteiger partial charge in [0.15, 0.2) is 0 Å². The highest BCUT2D eigenvalue weighted by molar-refractivity contribution is 4.65. The third-order valence-electron chi connectivity index (χ3n) is 3.18. The third-order valence-corrected chi connectivity index (χ3v) is 3.18. The molecule has 1 N–H and O–H groups in total. The van der Waals surface area contributed by atoms with Crippen LogP contribution in [0.2, 0.25) is 0 Å². The van der Waals surface area contributed by atoms with Gasteiger partial charge in [0.25, 0.3) is 0 Å². The van der Waals surface area contributed by atoms with Crippen LogP contribution < -0.4 is 5.32 Å². The Balaban J connectivity index is 1.92. The molecule has 0 saturated heterocycles. The SMILES string of the molecule is CNC(C)CCCOC1CCCCC1. The van der Waals surface area contributed by atoms with E-state index in [1.807, 2.05) is 7.05 Å². The molecule has 0 amide bonds. The zero-order chi connectivity index (χ0) is 10.2. The summed E-state index contributed by atoms with van der Waals surface area (Å²) in [6.07, 6.45) is 9.74. The van der Waals surface area contributed by atoms with E-state index < -0.39 is 0 Å². The molecule has 1 saturated carbocycles.